The summed E-state index contributed by atoms with van der Waals surface area (Å²) in [7, 11) is 0. The first-order valence-electron chi connectivity index (χ1n) is 13.3. The molecule has 3 heterocycles. The fourth-order valence-electron chi connectivity index (χ4n) is 5.92. The number of carbonyl (C=O) groups excluding carboxylic acids is 3. The lowest BCUT2D eigenvalue weighted by Gasteiger charge is -2.50. The van der Waals surface area contributed by atoms with Crippen LogP contribution in [0, 0.1) is 17.2 Å². The third-order valence-corrected chi connectivity index (χ3v) is 7.69. The van der Waals surface area contributed by atoms with E-state index in [0.29, 0.717) is 12.8 Å². The van der Waals surface area contributed by atoms with Gasteiger partial charge in [-0.2, -0.15) is 5.26 Å². The molecule has 38 heavy (non-hydrogen) atoms. The van der Waals surface area contributed by atoms with Crippen LogP contribution in [0.15, 0.2) is 42.5 Å². The van der Waals surface area contributed by atoms with Gasteiger partial charge in [-0.05, 0) is 80.7 Å². The highest BCUT2D eigenvalue weighted by Crippen LogP contribution is 2.40. The van der Waals surface area contributed by atoms with Gasteiger partial charge in [0.15, 0.2) is 0 Å². The van der Waals surface area contributed by atoms with Gasteiger partial charge in [0.1, 0.15) is 17.7 Å². The van der Waals surface area contributed by atoms with Crippen LogP contribution in [-0.2, 0) is 27.2 Å². The van der Waals surface area contributed by atoms with E-state index in [-0.39, 0.29) is 23.8 Å². The van der Waals surface area contributed by atoms with Crippen LogP contribution in [0.3, 0.4) is 0 Å². The number of anilines is 1. The van der Waals surface area contributed by atoms with E-state index in [1.165, 1.54) is 0 Å². The van der Waals surface area contributed by atoms with E-state index in [0.717, 1.165) is 53.6 Å². The SMILES string of the molecule is CC(C)(C)OC(=O)N1C2CCC(CC2)C1C(=O)NC(C#N)Cc1ccc(-c2ccc3c(c2)NC(=O)C3)cc1. The number of fused-ring (bicyclic) bond motifs is 4. The van der Waals surface area contributed by atoms with Gasteiger partial charge in [-0.3, -0.25) is 14.5 Å². The molecule has 0 spiro atoms. The minimum absolute atomic E-state index is 0.00682. The highest BCUT2D eigenvalue weighted by molar-refractivity contribution is 6.00. The van der Waals surface area contributed by atoms with Crippen molar-refractivity contribution in [3.63, 3.8) is 0 Å². The lowest BCUT2D eigenvalue weighted by atomic mass is 9.74. The van der Waals surface area contributed by atoms with E-state index in [9.17, 15) is 19.6 Å². The predicted molar refractivity (Wildman–Crippen MR) is 143 cm³/mol. The monoisotopic (exact) mass is 514 g/mol. The zero-order valence-corrected chi connectivity index (χ0v) is 22.1. The number of nitriles is 1. The fraction of sp³-hybridized carbons (Fsp3) is 0.467. The first kappa shape index (κ1) is 25.8. The number of benzene rings is 2. The van der Waals surface area contributed by atoms with Crippen LogP contribution in [0.25, 0.3) is 11.1 Å². The maximum absolute atomic E-state index is 13.4. The standard InChI is InChI=1S/C30H34N4O4/c1-30(2,3)38-29(37)34-24-12-10-20(11-13-24)27(34)28(36)32-23(17-31)14-18-4-6-19(7-5-18)21-8-9-22-16-26(35)33-25(22)15-21/h4-9,15,20,23-24,27H,10-14,16H2,1-3H3,(H,32,36)(H,33,35). The van der Waals surface area contributed by atoms with E-state index in [4.69, 9.17) is 4.74 Å². The van der Waals surface area contributed by atoms with Crippen LogP contribution in [0.5, 0.6) is 0 Å². The Labute approximate surface area is 223 Å². The minimum atomic E-state index is -0.718. The maximum Gasteiger partial charge on any atom is 0.411 e. The largest absolute Gasteiger partial charge is 0.444 e. The topological polar surface area (TPSA) is 112 Å². The summed E-state index contributed by atoms with van der Waals surface area (Å²) in [5, 5.41) is 15.6. The van der Waals surface area contributed by atoms with Gasteiger partial charge >= 0.3 is 6.09 Å². The van der Waals surface area contributed by atoms with E-state index in [1.54, 1.807) is 4.90 Å². The molecule has 2 N–H and O–H groups in total. The molecule has 2 aromatic carbocycles. The molecule has 198 valence electrons. The Kier molecular flexibility index (Phi) is 6.87. The van der Waals surface area contributed by atoms with E-state index in [1.807, 2.05) is 63.2 Å². The smallest absolute Gasteiger partial charge is 0.411 e. The predicted octanol–water partition coefficient (Wildman–Crippen LogP) is 4.58. The third kappa shape index (κ3) is 5.38. The van der Waals surface area contributed by atoms with Crippen molar-refractivity contribution in [2.45, 2.75) is 83.0 Å². The van der Waals surface area contributed by atoms with Gasteiger partial charge in [-0.25, -0.2) is 4.79 Å². The second-order valence-corrected chi connectivity index (χ2v) is 11.6. The van der Waals surface area contributed by atoms with Crippen LogP contribution >= 0.6 is 0 Å². The van der Waals surface area contributed by atoms with Crippen LogP contribution < -0.4 is 10.6 Å². The number of hydrogen-bond acceptors (Lipinski definition) is 5. The number of ether oxygens (including phenoxy) is 1. The normalized spacial score (nSPS) is 22.7. The molecule has 8 nitrogen and oxygen atoms in total. The fourth-order valence-corrected chi connectivity index (χ4v) is 5.92. The first-order chi connectivity index (χ1) is 18.1. The lowest BCUT2D eigenvalue weighted by molar-refractivity contribution is -0.135. The number of nitrogens with zero attached hydrogens (tertiary/aromatic N) is 2. The zero-order valence-electron chi connectivity index (χ0n) is 22.1. The van der Waals surface area contributed by atoms with Gasteiger partial charge < -0.3 is 15.4 Å². The number of nitrogens with one attached hydrogen (secondary N) is 2. The summed E-state index contributed by atoms with van der Waals surface area (Å²) >= 11 is 0. The quantitative estimate of drug-likeness (QED) is 0.607. The summed E-state index contributed by atoms with van der Waals surface area (Å²) in [4.78, 5) is 39.7. The van der Waals surface area contributed by atoms with Crippen molar-refractivity contribution in [3.05, 3.63) is 53.6 Å². The summed E-state index contributed by atoms with van der Waals surface area (Å²) in [5.74, 6) is -0.204. The Morgan fingerprint density at radius 1 is 1.11 bits per heavy atom. The van der Waals surface area contributed by atoms with Crippen LogP contribution in [-0.4, -0.2) is 46.5 Å². The van der Waals surface area contributed by atoms with Crippen molar-refractivity contribution in [1.29, 1.82) is 5.26 Å². The Balaban J connectivity index is 1.25. The average molecular weight is 515 g/mol. The number of hydrogen-bond donors (Lipinski definition) is 2. The highest BCUT2D eigenvalue weighted by Gasteiger charge is 2.49. The van der Waals surface area contributed by atoms with Crippen molar-refractivity contribution in [2.75, 3.05) is 5.32 Å². The summed E-state index contributed by atoms with van der Waals surface area (Å²) in [6, 6.07) is 14.7. The molecule has 6 rings (SSSR count). The molecule has 3 amide bonds. The van der Waals surface area contributed by atoms with Crippen molar-refractivity contribution in [3.8, 4) is 17.2 Å². The number of amides is 3. The second kappa shape index (κ2) is 10.1. The number of piperidine rings is 2. The molecule has 1 saturated carbocycles. The van der Waals surface area contributed by atoms with Crippen LogP contribution in [0.4, 0.5) is 10.5 Å². The maximum atomic E-state index is 13.4. The molecule has 8 heteroatoms. The van der Waals surface area contributed by atoms with Gasteiger partial charge in [0.25, 0.3) is 0 Å². The summed E-state index contributed by atoms with van der Waals surface area (Å²) in [6.07, 6.45) is 3.85. The third-order valence-electron chi connectivity index (χ3n) is 7.69. The van der Waals surface area contributed by atoms with Crippen molar-refractivity contribution >= 4 is 23.6 Å². The van der Waals surface area contributed by atoms with Gasteiger partial charge in [-0.1, -0.05) is 36.4 Å². The van der Waals surface area contributed by atoms with E-state index in [2.05, 4.69) is 16.7 Å². The molecule has 2 saturated heterocycles. The van der Waals surface area contributed by atoms with Gasteiger partial charge in [0, 0.05) is 18.2 Å². The Hall–Kier alpha value is -3.86. The molecule has 3 fully saturated rings. The second-order valence-electron chi connectivity index (χ2n) is 11.6. The molecule has 2 atom stereocenters. The Bertz CT molecular complexity index is 1280. The van der Waals surface area contributed by atoms with E-state index < -0.39 is 23.8 Å². The number of carbonyl (C=O) groups is 3. The molecular weight excluding hydrogens is 480 g/mol. The first-order valence-corrected chi connectivity index (χ1v) is 13.3. The zero-order chi connectivity index (χ0) is 27.0. The molecule has 1 aliphatic carbocycles. The van der Waals surface area contributed by atoms with Gasteiger partial charge in [0.05, 0.1) is 12.5 Å². The van der Waals surface area contributed by atoms with Gasteiger partial charge in [-0.15, -0.1) is 0 Å². The minimum Gasteiger partial charge on any atom is -0.444 e. The highest BCUT2D eigenvalue weighted by atomic mass is 16.6. The van der Waals surface area contributed by atoms with Crippen molar-refractivity contribution in [1.82, 2.24) is 10.2 Å². The number of rotatable bonds is 5. The molecule has 2 aromatic rings. The lowest BCUT2D eigenvalue weighted by Crippen LogP contribution is -2.64. The summed E-state index contributed by atoms with van der Waals surface area (Å²) in [6.45, 7) is 5.46. The molecule has 0 aromatic heterocycles. The summed E-state index contributed by atoms with van der Waals surface area (Å²) < 4.78 is 5.64. The molecule has 2 bridgehead atoms. The summed E-state index contributed by atoms with van der Waals surface area (Å²) in [5.41, 5.74) is 4.12. The van der Waals surface area contributed by atoms with Gasteiger partial charge in [0.2, 0.25) is 11.8 Å². The Morgan fingerprint density at radius 3 is 2.45 bits per heavy atom. The van der Waals surface area contributed by atoms with E-state index >= 15 is 0 Å². The van der Waals surface area contributed by atoms with Crippen molar-refractivity contribution < 1.29 is 19.1 Å². The molecule has 2 unspecified atom stereocenters. The van der Waals surface area contributed by atoms with Crippen molar-refractivity contribution in [2.24, 2.45) is 5.92 Å². The molecule has 0 radical (unpaired) electrons. The average Bonchev–Trinajstić information content (AvgIpc) is 3.27. The van der Waals surface area contributed by atoms with Crippen LogP contribution in [0.2, 0.25) is 0 Å². The molecule has 4 aliphatic rings. The van der Waals surface area contributed by atoms with Crippen LogP contribution in [0.1, 0.15) is 57.6 Å². The molecular formula is C30H34N4O4. The Morgan fingerprint density at radius 2 is 1.79 bits per heavy atom. The molecule has 3 aliphatic heterocycles.